The minimum atomic E-state index is -0.395. The summed E-state index contributed by atoms with van der Waals surface area (Å²) in [4.78, 5) is 41.0. The van der Waals surface area contributed by atoms with Crippen LogP contribution >= 0.6 is 23.1 Å². The lowest BCUT2D eigenvalue weighted by Crippen LogP contribution is -2.31. The van der Waals surface area contributed by atoms with Crippen LogP contribution in [0.25, 0.3) is 0 Å². The second kappa shape index (κ2) is 7.70. The minimum absolute atomic E-state index is 0.0336. The van der Waals surface area contributed by atoms with Crippen LogP contribution in [-0.4, -0.2) is 46.9 Å². The van der Waals surface area contributed by atoms with E-state index in [2.05, 4.69) is 4.98 Å². The molecule has 120 valence electrons. The van der Waals surface area contributed by atoms with Crippen molar-refractivity contribution in [3.63, 3.8) is 0 Å². The number of thiazole rings is 1. The smallest absolute Gasteiger partial charge is 0.311 e. The second-order valence-corrected chi connectivity index (χ2v) is 6.67. The Morgan fingerprint density at radius 2 is 2.36 bits per heavy atom. The average Bonchev–Trinajstić information content (AvgIpc) is 3.01. The molecule has 1 aliphatic heterocycles. The molecule has 1 aromatic heterocycles. The van der Waals surface area contributed by atoms with E-state index < -0.39 is 5.25 Å². The highest BCUT2D eigenvalue weighted by Gasteiger charge is 2.41. The number of nitrogens with zero attached hydrogens (tertiary/aromatic N) is 2. The molecule has 1 unspecified atom stereocenters. The van der Waals surface area contributed by atoms with Gasteiger partial charge in [-0.05, 0) is 6.92 Å². The standard InChI is InChI=1S/C13H17N3O4S2/c1-2-20-11(18)5-8-7-22-13(15-8)16-10(17)6-9(12(16)19)21-4-3-14/h7,9H,2-6,14H2,1H3. The first kappa shape index (κ1) is 16.9. The summed E-state index contributed by atoms with van der Waals surface area (Å²) in [5.74, 6) is -0.282. The Morgan fingerprint density at radius 1 is 1.59 bits per heavy atom. The summed E-state index contributed by atoms with van der Waals surface area (Å²) in [5, 5.41) is 1.58. The molecule has 9 heteroatoms. The molecule has 1 aliphatic rings. The van der Waals surface area contributed by atoms with Gasteiger partial charge >= 0.3 is 5.97 Å². The average molecular weight is 343 g/mol. The molecule has 1 atom stereocenters. The third kappa shape index (κ3) is 3.84. The Morgan fingerprint density at radius 3 is 3.05 bits per heavy atom. The number of hydrogen-bond acceptors (Lipinski definition) is 8. The first-order valence-electron chi connectivity index (χ1n) is 6.85. The van der Waals surface area contributed by atoms with Crippen molar-refractivity contribution in [1.29, 1.82) is 0 Å². The molecule has 1 aromatic rings. The summed E-state index contributed by atoms with van der Waals surface area (Å²) in [5.41, 5.74) is 5.92. The molecular formula is C13H17N3O4S2. The molecule has 7 nitrogen and oxygen atoms in total. The fourth-order valence-corrected chi connectivity index (χ4v) is 3.76. The van der Waals surface area contributed by atoms with Crippen LogP contribution in [0.4, 0.5) is 5.13 Å². The van der Waals surface area contributed by atoms with Gasteiger partial charge in [-0.2, -0.15) is 0 Å². The molecule has 2 heterocycles. The zero-order chi connectivity index (χ0) is 16.1. The molecule has 0 saturated carbocycles. The van der Waals surface area contributed by atoms with Crippen molar-refractivity contribution < 1.29 is 19.1 Å². The van der Waals surface area contributed by atoms with E-state index in [4.69, 9.17) is 10.5 Å². The fraction of sp³-hybridized carbons (Fsp3) is 0.538. The number of thioether (sulfide) groups is 1. The number of anilines is 1. The van der Waals surface area contributed by atoms with Gasteiger partial charge in [0, 0.05) is 24.1 Å². The molecule has 2 rings (SSSR count). The molecule has 22 heavy (non-hydrogen) atoms. The summed E-state index contributed by atoms with van der Waals surface area (Å²) < 4.78 is 4.85. The zero-order valence-electron chi connectivity index (χ0n) is 12.1. The first-order chi connectivity index (χ1) is 10.6. The summed E-state index contributed by atoms with van der Waals surface area (Å²) in [6.07, 6.45) is 0.197. The number of amides is 2. The number of aromatic nitrogens is 1. The van der Waals surface area contributed by atoms with Crippen molar-refractivity contribution in [3.05, 3.63) is 11.1 Å². The van der Waals surface area contributed by atoms with Crippen molar-refractivity contribution in [2.75, 3.05) is 23.8 Å². The lowest BCUT2D eigenvalue weighted by Gasteiger charge is -2.10. The lowest BCUT2D eigenvalue weighted by atomic mass is 10.3. The van der Waals surface area contributed by atoms with Gasteiger partial charge in [0.15, 0.2) is 5.13 Å². The fourth-order valence-electron chi connectivity index (χ4n) is 1.99. The van der Waals surface area contributed by atoms with E-state index in [1.165, 1.54) is 23.1 Å². The zero-order valence-corrected chi connectivity index (χ0v) is 13.7. The highest BCUT2D eigenvalue weighted by atomic mass is 32.2. The van der Waals surface area contributed by atoms with Crippen LogP contribution in [-0.2, 0) is 25.5 Å². The number of nitrogens with two attached hydrogens (primary N) is 1. The maximum atomic E-state index is 12.3. The molecule has 2 N–H and O–H groups in total. The Kier molecular flexibility index (Phi) is 5.92. The molecule has 0 aliphatic carbocycles. The van der Waals surface area contributed by atoms with Crippen molar-refractivity contribution in [2.45, 2.75) is 25.0 Å². The van der Waals surface area contributed by atoms with Crippen LogP contribution in [0.2, 0.25) is 0 Å². The maximum absolute atomic E-state index is 12.3. The highest BCUT2D eigenvalue weighted by Crippen LogP contribution is 2.31. The number of hydrogen-bond donors (Lipinski definition) is 1. The van der Waals surface area contributed by atoms with Gasteiger partial charge in [-0.15, -0.1) is 23.1 Å². The first-order valence-corrected chi connectivity index (χ1v) is 8.78. The maximum Gasteiger partial charge on any atom is 0.311 e. The van der Waals surface area contributed by atoms with Crippen LogP contribution < -0.4 is 10.6 Å². The molecule has 0 bridgehead atoms. The van der Waals surface area contributed by atoms with Gasteiger partial charge in [0.1, 0.15) is 0 Å². The van der Waals surface area contributed by atoms with Gasteiger partial charge in [0.05, 0.1) is 24.0 Å². The largest absolute Gasteiger partial charge is 0.466 e. The molecule has 0 spiro atoms. The number of esters is 1. The van der Waals surface area contributed by atoms with Gasteiger partial charge in [-0.1, -0.05) is 0 Å². The molecule has 0 aromatic carbocycles. The van der Waals surface area contributed by atoms with E-state index in [1.54, 1.807) is 12.3 Å². The van der Waals surface area contributed by atoms with Gasteiger partial charge in [-0.3, -0.25) is 14.4 Å². The van der Waals surface area contributed by atoms with Gasteiger partial charge < -0.3 is 10.5 Å². The summed E-state index contributed by atoms with van der Waals surface area (Å²) in [7, 11) is 0. The number of carbonyl (C=O) groups is 3. The van der Waals surface area contributed by atoms with Crippen LogP contribution in [0.5, 0.6) is 0 Å². The van der Waals surface area contributed by atoms with Crippen LogP contribution in [0, 0.1) is 0 Å². The van der Waals surface area contributed by atoms with E-state index in [0.717, 1.165) is 4.90 Å². The van der Waals surface area contributed by atoms with Crippen molar-refractivity contribution >= 4 is 46.0 Å². The predicted molar refractivity (Wildman–Crippen MR) is 84.9 cm³/mol. The lowest BCUT2D eigenvalue weighted by molar-refractivity contribution is -0.142. The van der Waals surface area contributed by atoms with E-state index in [-0.39, 0.29) is 30.6 Å². The second-order valence-electron chi connectivity index (χ2n) is 4.52. The number of rotatable bonds is 7. The summed E-state index contributed by atoms with van der Waals surface area (Å²) >= 11 is 2.56. The topological polar surface area (TPSA) is 103 Å². The number of ether oxygens (including phenoxy) is 1. The number of carbonyl (C=O) groups excluding carboxylic acids is 3. The third-order valence-electron chi connectivity index (χ3n) is 2.90. The van der Waals surface area contributed by atoms with Gasteiger partial charge in [-0.25, -0.2) is 9.88 Å². The number of imide groups is 1. The molecule has 2 amide bonds. The monoisotopic (exact) mass is 343 g/mol. The van der Waals surface area contributed by atoms with Gasteiger partial charge in [0.2, 0.25) is 11.8 Å². The molecule has 1 fully saturated rings. The predicted octanol–water partition coefficient (Wildman–Crippen LogP) is 0.573. The van der Waals surface area contributed by atoms with Crippen LogP contribution in [0.3, 0.4) is 0 Å². The van der Waals surface area contributed by atoms with Crippen molar-refractivity contribution in [2.24, 2.45) is 5.73 Å². The Balaban J connectivity index is 2.05. The summed E-state index contributed by atoms with van der Waals surface area (Å²) in [6.45, 7) is 2.49. The van der Waals surface area contributed by atoms with Crippen molar-refractivity contribution in [3.8, 4) is 0 Å². The highest BCUT2D eigenvalue weighted by molar-refractivity contribution is 8.00. The Hall–Kier alpha value is -1.45. The quantitative estimate of drug-likeness (QED) is 0.570. The van der Waals surface area contributed by atoms with Crippen LogP contribution in [0.15, 0.2) is 5.38 Å². The third-order valence-corrected chi connectivity index (χ3v) is 5.02. The SMILES string of the molecule is CCOC(=O)Cc1csc(N2C(=O)CC(SCCN)C2=O)n1. The molecule has 0 radical (unpaired) electrons. The van der Waals surface area contributed by atoms with Gasteiger partial charge in [0.25, 0.3) is 0 Å². The Labute approximate surface area is 136 Å². The van der Waals surface area contributed by atoms with E-state index >= 15 is 0 Å². The Bertz CT molecular complexity index is 575. The minimum Gasteiger partial charge on any atom is -0.466 e. The molecule has 1 saturated heterocycles. The van der Waals surface area contributed by atoms with E-state index in [0.29, 0.717) is 29.7 Å². The van der Waals surface area contributed by atoms with Crippen LogP contribution in [0.1, 0.15) is 19.0 Å². The van der Waals surface area contributed by atoms with Crippen molar-refractivity contribution in [1.82, 2.24) is 4.98 Å². The summed E-state index contributed by atoms with van der Waals surface area (Å²) in [6, 6.07) is 0. The molecular weight excluding hydrogens is 326 g/mol. The van der Waals surface area contributed by atoms with E-state index in [9.17, 15) is 14.4 Å². The van der Waals surface area contributed by atoms with E-state index in [1.807, 2.05) is 0 Å². The normalized spacial score (nSPS) is 18.1.